The molecule has 1 unspecified atom stereocenters. The summed E-state index contributed by atoms with van der Waals surface area (Å²) in [4.78, 5) is 0. The first-order valence-corrected chi connectivity index (χ1v) is 7.11. The highest BCUT2D eigenvalue weighted by Crippen LogP contribution is 2.30. The second-order valence-electron chi connectivity index (χ2n) is 4.34. The molecule has 102 valence electrons. The summed E-state index contributed by atoms with van der Waals surface area (Å²) in [5.74, 6) is -0.224. The molecule has 0 aliphatic heterocycles. The van der Waals surface area contributed by atoms with Gasteiger partial charge in [-0.05, 0) is 31.7 Å². The van der Waals surface area contributed by atoms with Gasteiger partial charge in [0.25, 0.3) is 0 Å². The Morgan fingerprint density at radius 2 is 2.21 bits per heavy atom. The molecule has 0 saturated heterocycles. The molecule has 0 aliphatic rings. The molecule has 0 amide bonds. The van der Waals surface area contributed by atoms with Crippen LogP contribution in [0.25, 0.3) is 0 Å². The highest BCUT2D eigenvalue weighted by atomic mass is 79.9. The van der Waals surface area contributed by atoms with Crippen molar-refractivity contribution < 1.29 is 4.39 Å². The molecular weight excluding hydrogens is 309 g/mol. The summed E-state index contributed by atoms with van der Waals surface area (Å²) in [6.07, 6.45) is 2.74. The molecule has 0 spiro atoms. The van der Waals surface area contributed by atoms with Gasteiger partial charge in [-0.1, -0.05) is 28.9 Å². The SMILES string of the molecule is CCCn1nccc1C(NC)c1c(F)cccc1Br. The molecule has 1 aromatic carbocycles. The molecule has 0 radical (unpaired) electrons. The van der Waals surface area contributed by atoms with Gasteiger partial charge in [0.1, 0.15) is 5.82 Å². The molecule has 0 fully saturated rings. The molecule has 2 rings (SSSR count). The van der Waals surface area contributed by atoms with E-state index in [9.17, 15) is 4.39 Å². The van der Waals surface area contributed by atoms with Gasteiger partial charge < -0.3 is 5.32 Å². The van der Waals surface area contributed by atoms with Gasteiger partial charge in [-0.2, -0.15) is 5.10 Å². The van der Waals surface area contributed by atoms with Crippen LogP contribution in [0.4, 0.5) is 4.39 Å². The van der Waals surface area contributed by atoms with E-state index in [1.807, 2.05) is 23.9 Å². The Hall–Kier alpha value is -1.20. The summed E-state index contributed by atoms with van der Waals surface area (Å²) >= 11 is 3.43. The highest BCUT2D eigenvalue weighted by Gasteiger charge is 2.22. The van der Waals surface area contributed by atoms with Crippen LogP contribution in [0, 0.1) is 5.82 Å². The molecule has 1 heterocycles. The fourth-order valence-electron chi connectivity index (χ4n) is 2.21. The van der Waals surface area contributed by atoms with Crippen molar-refractivity contribution in [1.29, 1.82) is 0 Å². The Labute approximate surface area is 121 Å². The quantitative estimate of drug-likeness (QED) is 0.911. The number of hydrogen-bond acceptors (Lipinski definition) is 2. The maximum absolute atomic E-state index is 14.1. The number of benzene rings is 1. The zero-order chi connectivity index (χ0) is 13.8. The predicted octanol–water partition coefficient (Wildman–Crippen LogP) is 3.50. The normalized spacial score (nSPS) is 12.6. The van der Waals surface area contributed by atoms with Crippen LogP contribution in [0.5, 0.6) is 0 Å². The molecule has 0 saturated carbocycles. The maximum atomic E-state index is 14.1. The first kappa shape index (κ1) is 14.2. The third kappa shape index (κ3) is 2.87. The summed E-state index contributed by atoms with van der Waals surface area (Å²) in [6.45, 7) is 2.92. The summed E-state index contributed by atoms with van der Waals surface area (Å²) in [7, 11) is 1.83. The lowest BCUT2D eigenvalue weighted by Gasteiger charge is -2.20. The molecule has 0 bridgehead atoms. The topological polar surface area (TPSA) is 29.9 Å². The van der Waals surface area contributed by atoms with E-state index in [2.05, 4.69) is 33.3 Å². The van der Waals surface area contributed by atoms with Crippen LogP contribution in [0.3, 0.4) is 0 Å². The van der Waals surface area contributed by atoms with E-state index in [4.69, 9.17) is 0 Å². The first-order valence-electron chi connectivity index (χ1n) is 6.32. The van der Waals surface area contributed by atoms with E-state index in [1.165, 1.54) is 6.07 Å². The van der Waals surface area contributed by atoms with E-state index in [0.29, 0.717) is 5.56 Å². The van der Waals surface area contributed by atoms with Crippen LogP contribution in [0.1, 0.15) is 30.6 Å². The van der Waals surface area contributed by atoms with Crippen LogP contribution in [0.2, 0.25) is 0 Å². The van der Waals surface area contributed by atoms with E-state index < -0.39 is 0 Å². The van der Waals surface area contributed by atoms with Gasteiger partial charge in [0, 0.05) is 22.8 Å². The monoisotopic (exact) mass is 325 g/mol. The summed E-state index contributed by atoms with van der Waals surface area (Å²) in [6, 6.07) is 6.73. The largest absolute Gasteiger partial charge is 0.308 e. The molecule has 2 aromatic rings. The lowest BCUT2D eigenvalue weighted by Crippen LogP contribution is -2.23. The van der Waals surface area contributed by atoms with E-state index in [-0.39, 0.29) is 11.9 Å². The fourth-order valence-corrected chi connectivity index (χ4v) is 2.78. The molecule has 1 aromatic heterocycles. The van der Waals surface area contributed by atoms with Gasteiger partial charge in [-0.25, -0.2) is 4.39 Å². The number of nitrogens with zero attached hydrogens (tertiary/aromatic N) is 2. The Kier molecular flexibility index (Phi) is 4.71. The van der Waals surface area contributed by atoms with Crippen LogP contribution in [-0.2, 0) is 6.54 Å². The predicted molar refractivity (Wildman–Crippen MR) is 77.5 cm³/mol. The summed E-state index contributed by atoms with van der Waals surface area (Å²) < 4.78 is 16.8. The third-order valence-corrected chi connectivity index (χ3v) is 3.75. The zero-order valence-corrected chi connectivity index (χ0v) is 12.6. The smallest absolute Gasteiger partial charge is 0.129 e. The molecule has 1 atom stereocenters. The van der Waals surface area contributed by atoms with Crippen molar-refractivity contribution in [3.8, 4) is 0 Å². The van der Waals surface area contributed by atoms with Crippen LogP contribution < -0.4 is 5.32 Å². The first-order chi connectivity index (χ1) is 9.19. The van der Waals surface area contributed by atoms with Gasteiger partial charge in [-0.3, -0.25) is 4.68 Å². The Morgan fingerprint density at radius 1 is 1.42 bits per heavy atom. The van der Waals surface area contributed by atoms with Crippen molar-refractivity contribution in [3.63, 3.8) is 0 Å². The Bertz CT molecular complexity index is 533. The van der Waals surface area contributed by atoms with Gasteiger partial charge in [0.05, 0.1) is 11.7 Å². The standard InChI is InChI=1S/C14H17BrFN3/c1-3-9-19-12(7-8-18-19)14(17-2)13-10(15)5-4-6-11(13)16/h4-8,14,17H,3,9H2,1-2H3. The highest BCUT2D eigenvalue weighted by molar-refractivity contribution is 9.10. The lowest BCUT2D eigenvalue weighted by molar-refractivity contribution is 0.515. The fraction of sp³-hybridized carbons (Fsp3) is 0.357. The van der Waals surface area contributed by atoms with Crippen LogP contribution in [-0.4, -0.2) is 16.8 Å². The van der Waals surface area contributed by atoms with E-state index in [0.717, 1.165) is 23.1 Å². The van der Waals surface area contributed by atoms with Gasteiger partial charge >= 0.3 is 0 Å². The molecule has 19 heavy (non-hydrogen) atoms. The minimum atomic E-state index is -0.224. The molecule has 5 heteroatoms. The molecule has 0 aliphatic carbocycles. The van der Waals surface area contributed by atoms with E-state index >= 15 is 0 Å². The number of halogens is 2. The molecular formula is C14H17BrFN3. The number of hydrogen-bond donors (Lipinski definition) is 1. The number of aromatic nitrogens is 2. The third-order valence-electron chi connectivity index (χ3n) is 3.06. The van der Waals surface area contributed by atoms with E-state index in [1.54, 1.807) is 12.3 Å². The van der Waals surface area contributed by atoms with Crippen LogP contribution in [0.15, 0.2) is 34.9 Å². The Morgan fingerprint density at radius 3 is 2.84 bits per heavy atom. The number of rotatable bonds is 5. The van der Waals surface area contributed by atoms with Crippen molar-refractivity contribution in [2.45, 2.75) is 25.9 Å². The van der Waals surface area contributed by atoms with Crippen molar-refractivity contribution in [2.24, 2.45) is 0 Å². The van der Waals surface area contributed by atoms with Gasteiger partial charge in [0.2, 0.25) is 0 Å². The molecule has 3 nitrogen and oxygen atoms in total. The maximum Gasteiger partial charge on any atom is 0.129 e. The van der Waals surface area contributed by atoms with Crippen molar-refractivity contribution in [1.82, 2.24) is 15.1 Å². The molecule has 1 N–H and O–H groups in total. The zero-order valence-electron chi connectivity index (χ0n) is 11.0. The minimum absolute atomic E-state index is 0.218. The van der Waals surface area contributed by atoms with Gasteiger partial charge in [-0.15, -0.1) is 0 Å². The summed E-state index contributed by atoms with van der Waals surface area (Å²) in [5, 5.41) is 7.47. The van der Waals surface area contributed by atoms with Crippen molar-refractivity contribution in [3.05, 3.63) is 52.0 Å². The van der Waals surface area contributed by atoms with Crippen molar-refractivity contribution >= 4 is 15.9 Å². The second-order valence-corrected chi connectivity index (χ2v) is 5.19. The number of aryl methyl sites for hydroxylation is 1. The average molecular weight is 326 g/mol. The minimum Gasteiger partial charge on any atom is -0.308 e. The van der Waals surface area contributed by atoms with Crippen LogP contribution >= 0.6 is 15.9 Å². The van der Waals surface area contributed by atoms with Gasteiger partial charge in [0.15, 0.2) is 0 Å². The van der Waals surface area contributed by atoms with Crippen molar-refractivity contribution in [2.75, 3.05) is 7.05 Å². The lowest BCUT2D eigenvalue weighted by atomic mass is 10.0. The summed E-state index contributed by atoms with van der Waals surface area (Å²) in [5.41, 5.74) is 1.58. The average Bonchev–Trinajstić information content (AvgIpc) is 2.83. The number of nitrogens with one attached hydrogen (secondary N) is 1. The second kappa shape index (κ2) is 6.30. The Balaban J connectivity index is 2.47.